The third-order valence-corrected chi connectivity index (χ3v) is 4.78. The standard InChI is InChI=1S/C18H23FN2/c1-5-14-17(16-13(19)7-6-8-15(16)20-14)18(9-10-18)11-21(4)12(2)3/h6-8,20H,2,5,9-11H2,1,3-4H3. The zero-order chi connectivity index (χ0) is 15.2. The highest BCUT2D eigenvalue weighted by Gasteiger charge is 2.48. The number of nitrogens with one attached hydrogen (secondary N) is 1. The minimum atomic E-state index is -0.109. The number of H-pyrrole nitrogens is 1. The number of hydrogen-bond acceptors (Lipinski definition) is 1. The van der Waals surface area contributed by atoms with Crippen LogP contribution in [-0.4, -0.2) is 23.5 Å². The van der Waals surface area contributed by atoms with Gasteiger partial charge in [0.2, 0.25) is 0 Å². The molecule has 2 nitrogen and oxygen atoms in total. The van der Waals surface area contributed by atoms with Gasteiger partial charge in [-0.3, -0.25) is 0 Å². The van der Waals surface area contributed by atoms with Crippen molar-refractivity contribution in [2.24, 2.45) is 0 Å². The number of allylic oxidation sites excluding steroid dienone is 1. The number of hydrogen-bond donors (Lipinski definition) is 1. The predicted octanol–water partition coefficient (Wildman–Crippen LogP) is 4.37. The fourth-order valence-electron chi connectivity index (χ4n) is 3.34. The second-order valence-corrected chi connectivity index (χ2v) is 6.37. The van der Waals surface area contributed by atoms with Crippen LogP contribution in [0.15, 0.2) is 30.5 Å². The van der Waals surface area contributed by atoms with Crippen LogP contribution in [0.3, 0.4) is 0 Å². The second-order valence-electron chi connectivity index (χ2n) is 6.37. The van der Waals surface area contributed by atoms with E-state index < -0.39 is 0 Å². The minimum Gasteiger partial charge on any atom is -0.378 e. The molecule has 0 radical (unpaired) electrons. The Bertz CT molecular complexity index is 695. The first-order valence-electron chi connectivity index (χ1n) is 7.64. The van der Waals surface area contributed by atoms with Gasteiger partial charge in [-0.2, -0.15) is 0 Å². The second kappa shape index (κ2) is 4.90. The van der Waals surface area contributed by atoms with Gasteiger partial charge in [0.15, 0.2) is 0 Å². The van der Waals surface area contributed by atoms with Crippen molar-refractivity contribution < 1.29 is 4.39 Å². The summed E-state index contributed by atoms with van der Waals surface area (Å²) in [6, 6.07) is 5.31. The molecule has 0 bridgehead atoms. The molecule has 112 valence electrons. The molecule has 3 heteroatoms. The Morgan fingerprint density at radius 3 is 2.71 bits per heavy atom. The van der Waals surface area contributed by atoms with E-state index in [1.54, 1.807) is 12.1 Å². The number of fused-ring (bicyclic) bond motifs is 1. The molecule has 2 aromatic rings. The predicted molar refractivity (Wildman–Crippen MR) is 86.0 cm³/mol. The van der Waals surface area contributed by atoms with Gasteiger partial charge < -0.3 is 9.88 Å². The van der Waals surface area contributed by atoms with Crippen molar-refractivity contribution in [1.82, 2.24) is 9.88 Å². The first-order chi connectivity index (χ1) is 9.98. The number of nitrogens with zero attached hydrogens (tertiary/aromatic N) is 1. The third kappa shape index (κ3) is 2.25. The SMILES string of the molecule is C=C(C)N(C)CC1(c2c(CC)[nH]c3cccc(F)c23)CC1. The molecule has 0 unspecified atom stereocenters. The summed E-state index contributed by atoms with van der Waals surface area (Å²) in [7, 11) is 2.07. The van der Waals surface area contributed by atoms with E-state index >= 15 is 0 Å². The van der Waals surface area contributed by atoms with E-state index in [0.29, 0.717) is 0 Å². The maximum absolute atomic E-state index is 14.4. The van der Waals surface area contributed by atoms with Gasteiger partial charge in [-0.1, -0.05) is 19.6 Å². The van der Waals surface area contributed by atoms with E-state index in [-0.39, 0.29) is 11.2 Å². The molecule has 0 amide bonds. The number of likely N-dealkylation sites (N-methyl/N-ethyl adjacent to an activating group) is 1. The van der Waals surface area contributed by atoms with Crippen molar-refractivity contribution in [3.05, 3.63) is 47.5 Å². The highest BCUT2D eigenvalue weighted by molar-refractivity contribution is 5.87. The van der Waals surface area contributed by atoms with Gasteiger partial charge in [0, 0.05) is 41.3 Å². The highest BCUT2D eigenvalue weighted by atomic mass is 19.1. The smallest absolute Gasteiger partial charge is 0.132 e. The van der Waals surface area contributed by atoms with Gasteiger partial charge in [-0.05, 0) is 43.9 Å². The fraction of sp³-hybridized carbons (Fsp3) is 0.444. The van der Waals surface area contributed by atoms with E-state index in [9.17, 15) is 4.39 Å². The van der Waals surface area contributed by atoms with Crippen LogP contribution in [0.1, 0.15) is 37.9 Å². The summed E-state index contributed by atoms with van der Waals surface area (Å²) < 4.78 is 14.4. The Kier molecular flexibility index (Phi) is 3.31. The van der Waals surface area contributed by atoms with Gasteiger partial charge in [-0.25, -0.2) is 4.39 Å². The van der Waals surface area contributed by atoms with Gasteiger partial charge in [0.05, 0.1) is 0 Å². The van der Waals surface area contributed by atoms with Crippen LogP contribution in [0.4, 0.5) is 4.39 Å². The largest absolute Gasteiger partial charge is 0.378 e. The summed E-state index contributed by atoms with van der Waals surface area (Å²) in [4.78, 5) is 5.61. The van der Waals surface area contributed by atoms with E-state index in [4.69, 9.17) is 0 Å². The van der Waals surface area contributed by atoms with Crippen molar-refractivity contribution in [2.45, 2.75) is 38.5 Å². The molecule has 1 aliphatic carbocycles. The van der Waals surface area contributed by atoms with Crippen LogP contribution in [0, 0.1) is 5.82 Å². The number of aryl methyl sites for hydroxylation is 1. The molecule has 0 saturated heterocycles. The molecule has 1 heterocycles. The van der Waals surface area contributed by atoms with Gasteiger partial charge in [0.25, 0.3) is 0 Å². The van der Waals surface area contributed by atoms with E-state index in [2.05, 4.69) is 30.4 Å². The average Bonchev–Trinajstić information content (AvgIpc) is 3.10. The molecule has 1 aromatic heterocycles. The molecule has 1 saturated carbocycles. The molecule has 1 aliphatic rings. The van der Waals surface area contributed by atoms with Crippen molar-refractivity contribution >= 4 is 10.9 Å². The van der Waals surface area contributed by atoms with Crippen LogP contribution in [0.5, 0.6) is 0 Å². The molecule has 21 heavy (non-hydrogen) atoms. The Labute approximate surface area is 125 Å². The Morgan fingerprint density at radius 1 is 1.43 bits per heavy atom. The number of aromatic nitrogens is 1. The Hall–Kier alpha value is -1.77. The monoisotopic (exact) mass is 286 g/mol. The molecule has 1 aromatic carbocycles. The summed E-state index contributed by atoms with van der Waals surface area (Å²) >= 11 is 0. The van der Waals surface area contributed by atoms with Crippen molar-refractivity contribution in [1.29, 1.82) is 0 Å². The number of benzene rings is 1. The summed E-state index contributed by atoms with van der Waals surface area (Å²) in [6.07, 6.45) is 3.15. The lowest BCUT2D eigenvalue weighted by molar-refractivity contribution is 0.372. The molecule has 1 fully saturated rings. The molecule has 0 spiro atoms. The summed E-state index contributed by atoms with van der Waals surface area (Å²) in [5, 5.41) is 0.793. The zero-order valence-electron chi connectivity index (χ0n) is 13.1. The molecule has 0 aliphatic heterocycles. The van der Waals surface area contributed by atoms with Crippen LogP contribution >= 0.6 is 0 Å². The number of rotatable bonds is 5. The third-order valence-electron chi connectivity index (χ3n) is 4.78. The van der Waals surface area contributed by atoms with Crippen molar-refractivity contribution in [3.63, 3.8) is 0 Å². The van der Waals surface area contributed by atoms with Crippen molar-refractivity contribution in [2.75, 3.05) is 13.6 Å². The van der Waals surface area contributed by atoms with Crippen LogP contribution in [0.2, 0.25) is 0 Å². The Balaban J connectivity index is 2.13. The Morgan fingerprint density at radius 2 is 2.14 bits per heavy atom. The van der Waals surface area contributed by atoms with Crippen molar-refractivity contribution in [3.8, 4) is 0 Å². The zero-order valence-corrected chi connectivity index (χ0v) is 13.1. The fourth-order valence-corrected chi connectivity index (χ4v) is 3.34. The lowest BCUT2D eigenvalue weighted by Gasteiger charge is -2.26. The molecule has 1 N–H and O–H groups in total. The van der Waals surface area contributed by atoms with Crippen LogP contribution in [-0.2, 0) is 11.8 Å². The van der Waals surface area contributed by atoms with Gasteiger partial charge >= 0.3 is 0 Å². The van der Waals surface area contributed by atoms with E-state index in [1.165, 1.54) is 11.3 Å². The molecular weight excluding hydrogens is 263 g/mol. The van der Waals surface area contributed by atoms with Gasteiger partial charge in [0.1, 0.15) is 5.82 Å². The maximum Gasteiger partial charge on any atom is 0.132 e. The van der Waals surface area contributed by atoms with Crippen LogP contribution in [0.25, 0.3) is 10.9 Å². The molecule has 0 atom stereocenters. The number of halogens is 1. The summed E-state index contributed by atoms with van der Waals surface area (Å²) in [5.74, 6) is -0.109. The first kappa shape index (κ1) is 14.2. The van der Waals surface area contributed by atoms with E-state index in [0.717, 1.165) is 42.4 Å². The average molecular weight is 286 g/mol. The lowest BCUT2D eigenvalue weighted by atomic mass is 9.91. The summed E-state index contributed by atoms with van der Waals surface area (Å²) in [5.41, 5.74) is 4.44. The molecule has 3 rings (SSSR count). The molecular formula is C18H23FN2. The van der Waals surface area contributed by atoms with Crippen LogP contribution < -0.4 is 0 Å². The normalized spacial score (nSPS) is 16.2. The summed E-state index contributed by atoms with van der Waals surface area (Å²) in [6.45, 7) is 9.08. The lowest BCUT2D eigenvalue weighted by Crippen LogP contribution is -2.28. The topological polar surface area (TPSA) is 19.0 Å². The first-order valence-corrected chi connectivity index (χ1v) is 7.64. The maximum atomic E-state index is 14.4. The minimum absolute atomic E-state index is 0.0828. The van der Waals surface area contributed by atoms with Gasteiger partial charge in [-0.15, -0.1) is 0 Å². The highest BCUT2D eigenvalue weighted by Crippen LogP contribution is 2.53. The number of aromatic amines is 1. The van der Waals surface area contributed by atoms with E-state index in [1.807, 2.05) is 13.0 Å². The quantitative estimate of drug-likeness (QED) is 0.865.